The van der Waals surface area contributed by atoms with E-state index < -0.39 is 10.0 Å². The Labute approximate surface area is 190 Å². The van der Waals surface area contributed by atoms with Crippen molar-refractivity contribution in [2.45, 2.75) is 10.1 Å². The molecule has 0 radical (unpaired) electrons. The fraction of sp³-hybridized carbons (Fsp3) is 0.0435. The highest BCUT2D eigenvalue weighted by Gasteiger charge is 2.16. The number of nitrogens with one attached hydrogen (secondary N) is 2. The molecule has 1 aromatic heterocycles. The minimum atomic E-state index is -3.84. The quantitative estimate of drug-likeness (QED) is 0.356. The predicted octanol–water partition coefficient (Wildman–Crippen LogP) is 4.12. The maximum absolute atomic E-state index is 12.4. The molecule has 0 saturated carbocycles. The molecule has 0 spiro atoms. The number of thioether (sulfide) groups is 1. The van der Waals surface area contributed by atoms with Crippen LogP contribution in [0.4, 0.5) is 5.69 Å². The van der Waals surface area contributed by atoms with E-state index in [2.05, 4.69) is 10.3 Å². The number of carbonyl (C=O) groups is 1. The number of anilines is 1. The van der Waals surface area contributed by atoms with Crippen LogP contribution in [-0.4, -0.2) is 30.0 Å². The monoisotopic (exact) mass is 464 g/mol. The molecule has 162 valence electrons. The van der Waals surface area contributed by atoms with Gasteiger partial charge in [-0.05, 0) is 18.2 Å². The summed E-state index contributed by atoms with van der Waals surface area (Å²) in [5, 5.41) is 8.44. The number of H-pyrrole nitrogens is 1. The third kappa shape index (κ3) is 5.25. The second kappa shape index (κ2) is 9.39. The number of carbonyl (C=O) groups excluding carboxylic acids is 1. The highest BCUT2D eigenvalue weighted by atomic mass is 32.2. The van der Waals surface area contributed by atoms with E-state index in [0.717, 1.165) is 22.5 Å². The van der Waals surface area contributed by atoms with Crippen LogP contribution >= 0.6 is 11.8 Å². The number of sulfonamides is 1. The van der Waals surface area contributed by atoms with Gasteiger partial charge in [0.25, 0.3) is 0 Å². The molecule has 0 aliphatic rings. The molecule has 4 N–H and O–H groups in total. The molecular weight excluding hydrogens is 444 g/mol. The summed E-state index contributed by atoms with van der Waals surface area (Å²) < 4.78 is 23.0. The molecular formula is C23H20N4O3S2. The van der Waals surface area contributed by atoms with Crippen molar-refractivity contribution in [3.63, 3.8) is 0 Å². The summed E-state index contributed by atoms with van der Waals surface area (Å²) in [6.07, 6.45) is 0. The van der Waals surface area contributed by atoms with Gasteiger partial charge in [-0.3, -0.25) is 4.79 Å². The van der Waals surface area contributed by atoms with Crippen LogP contribution in [0, 0.1) is 0 Å². The van der Waals surface area contributed by atoms with Gasteiger partial charge in [-0.1, -0.05) is 78.5 Å². The van der Waals surface area contributed by atoms with E-state index in [4.69, 9.17) is 10.1 Å². The van der Waals surface area contributed by atoms with Gasteiger partial charge in [0.05, 0.1) is 22.0 Å². The number of amides is 1. The number of primary sulfonamides is 1. The van der Waals surface area contributed by atoms with E-state index in [1.54, 1.807) is 6.07 Å². The molecule has 0 unspecified atom stereocenters. The number of benzene rings is 3. The minimum Gasteiger partial charge on any atom is -0.332 e. The van der Waals surface area contributed by atoms with Crippen molar-refractivity contribution in [1.82, 2.24) is 9.97 Å². The van der Waals surface area contributed by atoms with Gasteiger partial charge in [0, 0.05) is 16.8 Å². The van der Waals surface area contributed by atoms with Gasteiger partial charge in [0.15, 0.2) is 5.16 Å². The largest absolute Gasteiger partial charge is 0.332 e. The smallest absolute Gasteiger partial charge is 0.238 e. The number of hydrogen-bond acceptors (Lipinski definition) is 5. The maximum Gasteiger partial charge on any atom is 0.238 e. The van der Waals surface area contributed by atoms with E-state index in [0.29, 0.717) is 10.8 Å². The Morgan fingerprint density at radius 1 is 0.938 bits per heavy atom. The normalized spacial score (nSPS) is 11.3. The average molecular weight is 465 g/mol. The van der Waals surface area contributed by atoms with Crippen molar-refractivity contribution in [1.29, 1.82) is 0 Å². The molecule has 0 atom stereocenters. The lowest BCUT2D eigenvalue weighted by Gasteiger charge is -2.06. The highest BCUT2D eigenvalue weighted by Crippen LogP contribution is 2.32. The number of imidazole rings is 1. The van der Waals surface area contributed by atoms with Crippen molar-refractivity contribution in [2.75, 3.05) is 11.1 Å². The van der Waals surface area contributed by atoms with Crippen molar-refractivity contribution in [3.8, 4) is 22.5 Å². The summed E-state index contributed by atoms with van der Waals surface area (Å²) in [6.45, 7) is 0. The predicted molar refractivity (Wildman–Crippen MR) is 127 cm³/mol. The molecule has 0 aliphatic carbocycles. The zero-order chi connectivity index (χ0) is 22.6. The lowest BCUT2D eigenvalue weighted by atomic mass is 10.1. The molecule has 7 nitrogen and oxygen atoms in total. The number of aromatic amines is 1. The molecule has 0 saturated heterocycles. The Morgan fingerprint density at radius 2 is 1.59 bits per heavy atom. The lowest BCUT2D eigenvalue weighted by molar-refractivity contribution is -0.113. The van der Waals surface area contributed by atoms with Gasteiger partial charge in [-0.2, -0.15) is 0 Å². The number of rotatable bonds is 7. The van der Waals surface area contributed by atoms with Gasteiger partial charge >= 0.3 is 0 Å². The molecule has 4 rings (SSSR count). The zero-order valence-electron chi connectivity index (χ0n) is 16.9. The third-order valence-corrected chi connectivity index (χ3v) is 6.36. The van der Waals surface area contributed by atoms with Gasteiger partial charge in [0.2, 0.25) is 15.9 Å². The van der Waals surface area contributed by atoms with Crippen LogP contribution in [0.1, 0.15) is 0 Å². The van der Waals surface area contributed by atoms with Gasteiger partial charge < -0.3 is 10.3 Å². The Balaban J connectivity index is 1.51. The van der Waals surface area contributed by atoms with Gasteiger partial charge in [-0.25, -0.2) is 18.5 Å². The SMILES string of the molecule is NS(=O)(=O)c1cccc(NC(=O)CSc2nc(-c3ccccc3)c(-c3ccccc3)[nH]2)c1. The Hall–Kier alpha value is -3.40. The first-order valence-corrected chi connectivity index (χ1v) is 12.2. The molecule has 1 amide bonds. The first-order valence-electron chi connectivity index (χ1n) is 9.66. The average Bonchev–Trinajstić information content (AvgIpc) is 3.23. The molecule has 32 heavy (non-hydrogen) atoms. The molecule has 3 aromatic carbocycles. The van der Waals surface area contributed by atoms with Crippen LogP contribution in [0.3, 0.4) is 0 Å². The van der Waals surface area contributed by atoms with Crippen LogP contribution in [0.2, 0.25) is 0 Å². The summed E-state index contributed by atoms with van der Waals surface area (Å²) >= 11 is 1.26. The van der Waals surface area contributed by atoms with E-state index in [9.17, 15) is 13.2 Å². The maximum atomic E-state index is 12.4. The first-order chi connectivity index (χ1) is 15.4. The highest BCUT2D eigenvalue weighted by molar-refractivity contribution is 7.99. The summed E-state index contributed by atoms with van der Waals surface area (Å²) in [5.41, 5.74) is 4.01. The van der Waals surface area contributed by atoms with Crippen molar-refractivity contribution < 1.29 is 13.2 Å². The molecule has 1 heterocycles. The number of nitrogens with two attached hydrogens (primary N) is 1. The molecule has 9 heteroatoms. The summed E-state index contributed by atoms with van der Waals surface area (Å²) in [6, 6.07) is 25.5. The minimum absolute atomic E-state index is 0.0611. The fourth-order valence-electron chi connectivity index (χ4n) is 3.12. The molecule has 0 bridgehead atoms. The van der Waals surface area contributed by atoms with Crippen LogP contribution < -0.4 is 10.5 Å². The standard InChI is InChI=1S/C23H20N4O3S2/c24-32(29,30)19-13-7-12-18(14-19)25-20(28)15-31-23-26-21(16-8-3-1-4-9-16)22(27-23)17-10-5-2-6-11-17/h1-14H,15H2,(H,25,28)(H,26,27)(H2,24,29,30). The number of aromatic nitrogens is 2. The molecule has 0 aliphatic heterocycles. The van der Waals surface area contributed by atoms with Crippen LogP contribution in [0.5, 0.6) is 0 Å². The van der Waals surface area contributed by atoms with Gasteiger partial charge in [-0.15, -0.1) is 0 Å². The van der Waals surface area contributed by atoms with Crippen LogP contribution in [0.25, 0.3) is 22.5 Å². The molecule has 0 fully saturated rings. The van der Waals surface area contributed by atoms with E-state index in [1.807, 2.05) is 60.7 Å². The van der Waals surface area contributed by atoms with E-state index in [-0.39, 0.29) is 16.6 Å². The van der Waals surface area contributed by atoms with E-state index >= 15 is 0 Å². The second-order valence-corrected chi connectivity index (χ2v) is 9.43. The third-order valence-electron chi connectivity index (χ3n) is 4.58. The van der Waals surface area contributed by atoms with E-state index in [1.165, 1.54) is 30.0 Å². The zero-order valence-corrected chi connectivity index (χ0v) is 18.5. The number of nitrogens with zero attached hydrogens (tertiary/aromatic N) is 1. The molecule has 4 aromatic rings. The van der Waals surface area contributed by atoms with Crippen LogP contribution in [-0.2, 0) is 14.8 Å². The van der Waals surface area contributed by atoms with Crippen molar-refractivity contribution >= 4 is 33.4 Å². The van der Waals surface area contributed by atoms with Crippen LogP contribution in [0.15, 0.2) is 95.0 Å². The van der Waals surface area contributed by atoms with Gasteiger partial charge in [0.1, 0.15) is 0 Å². The topological polar surface area (TPSA) is 118 Å². The number of hydrogen-bond donors (Lipinski definition) is 3. The second-order valence-electron chi connectivity index (χ2n) is 6.91. The summed E-state index contributed by atoms with van der Waals surface area (Å²) in [5.74, 6) is -0.198. The summed E-state index contributed by atoms with van der Waals surface area (Å²) in [7, 11) is -3.84. The van der Waals surface area contributed by atoms with Crippen molar-refractivity contribution in [2.24, 2.45) is 5.14 Å². The Bertz CT molecular complexity index is 1280. The Morgan fingerprint density at radius 3 is 2.25 bits per heavy atom. The Kier molecular flexibility index (Phi) is 6.40. The fourth-order valence-corrected chi connectivity index (χ4v) is 4.35. The first kappa shape index (κ1) is 21.8. The van der Waals surface area contributed by atoms with Crippen molar-refractivity contribution in [3.05, 3.63) is 84.9 Å². The lowest BCUT2D eigenvalue weighted by Crippen LogP contribution is -2.16. The summed E-state index contributed by atoms with van der Waals surface area (Å²) in [4.78, 5) is 20.4.